The number of thioether (sulfide) groups is 1. The molecule has 1 amide bonds. The van der Waals surface area contributed by atoms with Crippen molar-refractivity contribution in [3.05, 3.63) is 0 Å². The maximum Gasteiger partial charge on any atom is 0.235 e. The van der Waals surface area contributed by atoms with Crippen LogP contribution in [0.3, 0.4) is 0 Å². The fourth-order valence-corrected chi connectivity index (χ4v) is 3.81. The highest BCUT2D eigenvalue weighted by Crippen LogP contribution is 2.26. The van der Waals surface area contributed by atoms with Gasteiger partial charge in [-0.1, -0.05) is 26.2 Å². The van der Waals surface area contributed by atoms with E-state index < -0.39 is 0 Å². The van der Waals surface area contributed by atoms with Crippen molar-refractivity contribution in [3.63, 3.8) is 0 Å². The molecule has 1 aliphatic rings. The van der Waals surface area contributed by atoms with E-state index in [9.17, 15) is 4.79 Å². The molecular weight excluding hydrogens is 246 g/mol. The van der Waals surface area contributed by atoms with E-state index in [1.807, 2.05) is 18.9 Å². The van der Waals surface area contributed by atoms with Crippen molar-refractivity contribution < 1.29 is 9.90 Å². The van der Waals surface area contributed by atoms with E-state index in [2.05, 4.69) is 6.92 Å². The fourth-order valence-electron chi connectivity index (χ4n) is 2.59. The molecule has 0 aromatic carbocycles. The molecule has 1 fully saturated rings. The van der Waals surface area contributed by atoms with Crippen molar-refractivity contribution >= 4 is 17.7 Å². The normalized spacial score (nSPS) is 20.4. The van der Waals surface area contributed by atoms with E-state index in [-0.39, 0.29) is 17.8 Å². The van der Waals surface area contributed by atoms with Crippen molar-refractivity contribution in [2.75, 3.05) is 13.7 Å². The molecule has 0 aliphatic heterocycles. The molecule has 106 valence electrons. The van der Waals surface area contributed by atoms with Gasteiger partial charge in [0.15, 0.2) is 0 Å². The molecule has 3 nitrogen and oxygen atoms in total. The van der Waals surface area contributed by atoms with Gasteiger partial charge >= 0.3 is 0 Å². The first-order chi connectivity index (χ1) is 8.56. The van der Waals surface area contributed by atoms with Gasteiger partial charge in [0.05, 0.1) is 5.25 Å². The van der Waals surface area contributed by atoms with Crippen LogP contribution in [0.1, 0.15) is 52.4 Å². The standard InChI is InChI=1S/C14H27NO2S/c1-11(9-10-16)18-12(2)14(17)15(3)13-7-5-4-6-8-13/h11-13,16H,4-10H2,1-3H3. The number of hydrogen-bond donors (Lipinski definition) is 1. The second kappa shape index (κ2) is 8.05. The molecule has 1 rings (SSSR count). The van der Waals surface area contributed by atoms with Crippen LogP contribution < -0.4 is 0 Å². The summed E-state index contributed by atoms with van der Waals surface area (Å²) in [6.45, 7) is 4.26. The highest BCUT2D eigenvalue weighted by atomic mass is 32.2. The maximum atomic E-state index is 12.3. The van der Waals surface area contributed by atoms with Gasteiger partial charge in [-0.2, -0.15) is 0 Å². The average Bonchev–Trinajstić information content (AvgIpc) is 2.38. The highest BCUT2D eigenvalue weighted by molar-refractivity contribution is 8.01. The quantitative estimate of drug-likeness (QED) is 0.809. The summed E-state index contributed by atoms with van der Waals surface area (Å²) in [5.74, 6) is 0.247. The van der Waals surface area contributed by atoms with E-state index in [0.29, 0.717) is 11.3 Å². The minimum Gasteiger partial charge on any atom is -0.396 e. The number of amides is 1. The second-order valence-corrected chi connectivity index (χ2v) is 7.13. The molecule has 4 heteroatoms. The molecule has 0 aromatic rings. The molecule has 2 unspecified atom stereocenters. The van der Waals surface area contributed by atoms with Crippen LogP contribution in [0.25, 0.3) is 0 Å². The summed E-state index contributed by atoms with van der Waals surface area (Å²) >= 11 is 1.67. The monoisotopic (exact) mass is 273 g/mol. The highest BCUT2D eigenvalue weighted by Gasteiger charge is 2.26. The van der Waals surface area contributed by atoms with Gasteiger partial charge in [0.1, 0.15) is 0 Å². The summed E-state index contributed by atoms with van der Waals surface area (Å²) in [5.41, 5.74) is 0. The third kappa shape index (κ3) is 4.81. The van der Waals surface area contributed by atoms with Crippen molar-refractivity contribution in [1.29, 1.82) is 0 Å². The Kier molecular flexibility index (Phi) is 7.08. The Bertz CT molecular complexity index is 254. The second-order valence-electron chi connectivity index (χ2n) is 5.34. The molecule has 0 heterocycles. The molecule has 1 saturated carbocycles. The summed E-state index contributed by atoms with van der Waals surface area (Å²) in [6, 6.07) is 0.447. The first kappa shape index (κ1) is 15.8. The number of aliphatic hydroxyl groups excluding tert-OH is 1. The van der Waals surface area contributed by atoms with Crippen LogP contribution in [-0.4, -0.2) is 46.1 Å². The Labute approximate surface area is 115 Å². The predicted molar refractivity (Wildman–Crippen MR) is 77.9 cm³/mol. The van der Waals surface area contributed by atoms with Gasteiger partial charge in [-0.15, -0.1) is 11.8 Å². The maximum absolute atomic E-state index is 12.3. The van der Waals surface area contributed by atoms with Crippen molar-refractivity contribution in [3.8, 4) is 0 Å². The predicted octanol–water partition coefficient (Wildman–Crippen LogP) is 2.67. The zero-order valence-corrected chi connectivity index (χ0v) is 12.7. The van der Waals surface area contributed by atoms with Crippen LogP contribution in [-0.2, 0) is 4.79 Å². The Morgan fingerprint density at radius 3 is 2.50 bits per heavy atom. The smallest absolute Gasteiger partial charge is 0.235 e. The van der Waals surface area contributed by atoms with Crippen LogP contribution in [0.15, 0.2) is 0 Å². The molecule has 0 spiro atoms. The Balaban J connectivity index is 2.41. The number of carbonyl (C=O) groups is 1. The third-order valence-electron chi connectivity index (χ3n) is 3.79. The summed E-state index contributed by atoms with van der Waals surface area (Å²) < 4.78 is 0. The fraction of sp³-hybridized carbons (Fsp3) is 0.929. The van der Waals surface area contributed by atoms with Crippen molar-refractivity contribution in [2.24, 2.45) is 0 Å². The molecule has 0 radical (unpaired) electrons. The van der Waals surface area contributed by atoms with Crippen LogP contribution in [0, 0.1) is 0 Å². The summed E-state index contributed by atoms with van der Waals surface area (Å²) in [4.78, 5) is 14.3. The summed E-state index contributed by atoms with van der Waals surface area (Å²) in [6.07, 6.45) is 6.90. The van der Waals surface area contributed by atoms with E-state index >= 15 is 0 Å². The van der Waals surface area contributed by atoms with Gasteiger partial charge in [-0.05, 0) is 26.2 Å². The van der Waals surface area contributed by atoms with Crippen molar-refractivity contribution in [1.82, 2.24) is 4.90 Å². The van der Waals surface area contributed by atoms with Gasteiger partial charge in [0.25, 0.3) is 0 Å². The number of nitrogens with zero attached hydrogens (tertiary/aromatic N) is 1. The lowest BCUT2D eigenvalue weighted by Crippen LogP contribution is -2.42. The van der Waals surface area contributed by atoms with Gasteiger partial charge in [0.2, 0.25) is 5.91 Å². The third-order valence-corrected chi connectivity index (χ3v) is 5.10. The molecular formula is C14H27NO2S. The average molecular weight is 273 g/mol. The first-order valence-electron chi connectivity index (χ1n) is 7.09. The number of carbonyl (C=O) groups excluding carboxylic acids is 1. The Morgan fingerprint density at radius 1 is 1.33 bits per heavy atom. The van der Waals surface area contributed by atoms with Gasteiger partial charge in [-0.3, -0.25) is 4.79 Å². The molecule has 2 atom stereocenters. The largest absolute Gasteiger partial charge is 0.396 e. The first-order valence-corrected chi connectivity index (χ1v) is 8.03. The number of rotatable bonds is 6. The zero-order valence-electron chi connectivity index (χ0n) is 11.9. The lowest BCUT2D eigenvalue weighted by molar-refractivity contribution is -0.131. The molecule has 0 saturated heterocycles. The van der Waals surface area contributed by atoms with E-state index in [4.69, 9.17) is 5.11 Å². The summed E-state index contributed by atoms with van der Waals surface area (Å²) in [5, 5.41) is 9.23. The van der Waals surface area contributed by atoms with Crippen molar-refractivity contribution in [2.45, 2.75) is 68.9 Å². The van der Waals surface area contributed by atoms with E-state index in [1.54, 1.807) is 11.8 Å². The molecule has 18 heavy (non-hydrogen) atoms. The lowest BCUT2D eigenvalue weighted by Gasteiger charge is -2.33. The van der Waals surface area contributed by atoms with Gasteiger partial charge in [0, 0.05) is 24.9 Å². The zero-order chi connectivity index (χ0) is 13.5. The SMILES string of the molecule is CC(CCO)SC(C)C(=O)N(C)C1CCCCC1. The van der Waals surface area contributed by atoms with E-state index in [0.717, 1.165) is 19.3 Å². The van der Waals surface area contributed by atoms with Crippen LogP contribution in [0.4, 0.5) is 0 Å². The molecule has 1 N–H and O–H groups in total. The number of hydrogen-bond acceptors (Lipinski definition) is 3. The molecule has 1 aliphatic carbocycles. The van der Waals surface area contributed by atoms with E-state index in [1.165, 1.54) is 19.3 Å². The number of aliphatic hydroxyl groups is 1. The van der Waals surface area contributed by atoms with Gasteiger partial charge in [-0.25, -0.2) is 0 Å². The Hall–Kier alpha value is -0.220. The minimum atomic E-state index is -0.00141. The minimum absolute atomic E-state index is 0.00141. The topological polar surface area (TPSA) is 40.5 Å². The van der Waals surface area contributed by atoms with Crippen LogP contribution in [0.5, 0.6) is 0 Å². The van der Waals surface area contributed by atoms with Crippen LogP contribution in [0.2, 0.25) is 0 Å². The van der Waals surface area contributed by atoms with Crippen LogP contribution >= 0.6 is 11.8 Å². The van der Waals surface area contributed by atoms with Gasteiger partial charge < -0.3 is 10.0 Å². The summed E-state index contributed by atoms with van der Waals surface area (Å²) in [7, 11) is 1.95. The molecule has 0 aromatic heterocycles. The molecule has 0 bridgehead atoms. The lowest BCUT2D eigenvalue weighted by atomic mass is 9.94. The Morgan fingerprint density at radius 2 is 1.94 bits per heavy atom.